The monoisotopic (exact) mass is 388 g/mol. The van der Waals surface area contributed by atoms with Crippen LogP contribution in [0.3, 0.4) is 0 Å². The highest BCUT2D eigenvalue weighted by molar-refractivity contribution is 6.92. The maximum Gasteiger partial charge on any atom is -0.0533 e. The molecule has 1 atom stereocenters. The molecule has 0 heterocycles. The van der Waals surface area contributed by atoms with Crippen molar-refractivity contribution >= 4 is 34.7 Å². The van der Waals surface area contributed by atoms with Crippen molar-refractivity contribution in [3.05, 3.63) is 0 Å². The van der Waals surface area contributed by atoms with E-state index in [1.165, 1.54) is 116 Å². The van der Waals surface area contributed by atoms with Crippen molar-refractivity contribution in [2.75, 3.05) is 0 Å². The highest BCUT2D eigenvalue weighted by Gasteiger charge is 1.94. The second-order valence-corrected chi connectivity index (χ2v) is 6.66. The van der Waals surface area contributed by atoms with Crippen LogP contribution in [0.25, 0.3) is 0 Å². The van der Waals surface area contributed by atoms with E-state index in [1.807, 2.05) is 0 Å². The molecule has 0 aliphatic heterocycles. The zero-order chi connectivity index (χ0) is 14.7. The van der Waals surface area contributed by atoms with Crippen LogP contribution in [-0.2, 0) is 0 Å². The molecule has 0 nitrogen and oxygen atoms in total. The van der Waals surface area contributed by atoms with Crippen molar-refractivity contribution in [3.63, 3.8) is 0 Å². The average Bonchev–Trinajstić information content (AvgIpc) is 2.47. The Kier molecular flexibility index (Phi) is 42.6. The molecule has 146 valence electrons. The Bertz CT molecular complexity index is 148. The van der Waals surface area contributed by atoms with Crippen LogP contribution in [0.1, 0.15) is 129 Å². The number of halogens is 2. The fourth-order valence-corrected chi connectivity index (χ4v) is 2.97. The molecule has 0 saturated carbocycles. The van der Waals surface area contributed by atoms with Crippen LogP contribution in [0.15, 0.2) is 0 Å². The normalized spacial score (nSPS) is 9.65. The van der Waals surface area contributed by atoms with E-state index in [4.69, 9.17) is 0 Å². The van der Waals surface area contributed by atoms with E-state index in [9.17, 15) is 0 Å². The van der Waals surface area contributed by atoms with Gasteiger partial charge in [0, 0.05) is 0 Å². The zero-order valence-corrected chi connectivity index (χ0v) is 19.3. The average molecular weight is 389 g/mol. The summed E-state index contributed by atoms with van der Waals surface area (Å²) in [5.74, 6) is 0. The van der Waals surface area contributed by atoms with Gasteiger partial charge in [0.05, 0.1) is 0 Å². The van der Waals surface area contributed by atoms with Gasteiger partial charge in [0.1, 0.15) is 0 Å². The molecule has 0 amide bonds. The van der Waals surface area contributed by atoms with E-state index in [0.717, 1.165) is 0 Å². The molecule has 0 aliphatic rings. The molecule has 0 radical (unpaired) electrons. The minimum atomic E-state index is 0. The first-order valence-electron chi connectivity index (χ1n) is 9.91. The predicted molar refractivity (Wildman–Crippen MR) is 120 cm³/mol. The van der Waals surface area contributed by atoms with Gasteiger partial charge in [0.2, 0.25) is 0 Å². The Balaban J connectivity index is -0.000000602. The standard InChI is InChI=1S/C20H42.2ClH.H3P/c1-3-5-7-9-11-13-15-17-19-20-18-16-14-12-10-8-6-4-2;;;/h3-20H2,1-2H3;2*1H;1H3. The van der Waals surface area contributed by atoms with Crippen molar-refractivity contribution in [2.24, 2.45) is 0 Å². The Hall–Kier alpha value is 1.01. The van der Waals surface area contributed by atoms with Gasteiger partial charge in [-0.2, -0.15) is 9.90 Å². The number of hydrogen-bond donors (Lipinski definition) is 0. The Labute approximate surface area is 164 Å². The summed E-state index contributed by atoms with van der Waals surface area (Å²) in [6.07, 6.45) is 26.4. The zero-order valence-electron chi connectivity index (χ0n) is 16.3. The van der Waals surface area contributed by atoms with E-state index in [1.54, 1.807) is 0 Å². The molecule has 0 aromatic heterocycles. The minimum absolute atomic E-state index is 0. The van der Waals surface area contributed by atoms with E-state index in [0.29, 0.717) is 0 Å². The van der Waals surface area contributed by atoms with Crippen LogP contribution in [0, 0.1) is 0 Å². The maximum absolute atomic E-state index is 2.30. The first-order chi connectivity index (χ1) is 9.91. The molecule has 0 rings (SSSR count). The quantitative estimate of drug-likeness (QED) is 0.172. The molecule has 0 N–H and O–H groups in total. The van der Waals surface area contributed by atoms with Gasteiger partial charge in [-0.3, -0.25) is 0 Å². The molecule has 1 unspecified atom stereocenters. The fraction of sp³-hybridized carbons (Fsp3) is 1.00. The molecule has 0 aliphatic carbocycles. The van der Waals surface area contributed by atoms with Gasteiger partial charge in [-0.1, -0.05) is 129 Å². The Morgan fingerprint density at radius 2 is 0.435 bits per heavy atom. The summed E-state index contributed by atoms with van der Waals surface area (Å²) < 4.78 is 0. The molecule has 0 fully saturated rings. The van der Waals surface area contributed by atoms with Crippen molar-refractivity contribution in [1.82, 2.24) is 0 Å². The molecule has 3 heteroatoms. The summed E-state index contributed by atoms with van der Waals surface area (Å²) >= 11 is 0. The molecule has 23 heavy (non-hydrogen) atoms. The lowest BCUT2D eigenvalue weighted by Gasteiger charge is -2.03. The lowest BCUT2D eigenvalue weighted by molar-refractivity contribution is 0.526. The van der Waals surface area contributed by atoms with Gasteiger partial charge in [-0.05, 0) is 0 Å². The smallest absolute Gasteiger partial charge is 0.0533 e. The lowest BCUT2D eigenvalue weighted by atomic mass is 10.0. The minimum Gasteiger partial charge on any atom is -0.153 e. The molecule has 0 saturated heterocycles. The number of hydrogen-bond acceptors (Lipinski definition) is 0. The van der Waals surface area contributed by atoms with Crippen LogP contribution < -0.4 is 0 Å². The molecule has 0 spiro atoms. The van der Waals surface area contributed by atoms with Crippen molar-refractivity contribution in [2.45, 2.75) is 129 Å². The summed E-state index contributed by atoms with van der Waals surface area (Å²) in [5.41, 5.74) is 0. The Morgan fingerprint density at radius 3 is 0.565 bits per heavy atom. The van der Waals surface area contributed by atoms with Crippen molar-refractivity contribution < 1.29 is 0 Å². The first kappa shape index (κ1) is 31.7. The largest absolute Gasteiger partial charge is 0.153 e. The van der Waals surface area contributed by atoms with Gasteiger partial charge in [-0.25, -0.2) is 0 Å². The third-order valence-corrected chi connectivity index (χ3v) is 4.46. The lowest BCUT2D eigenvalue weighted by Crippen LogP contribution is -1.83. The topological polar surface area (TPSA) is 0 Å². The molecule has 0 aromatic rings. The summed E-state index contributed by atoms with van der Waals surface area (Å²) in [6, 6.07) is 0. The van der Waals surface area contributed by atoms with Crippen molar-refractivity contribution in [3.8, 4) is 0 Å². The van der Waals surface area contributed by atoms with Crippen LogP contribution in [-0.4, -0.2) is 0 Å². The number of rotatable bonds is 17. The maximum atomic E-state index is 2.30. The van der Waals surface area contributed by atoms with Gasteiger partial charge in [-0.15, -0.1) is 24.8 Å². The number of unbranched alkanes of at least 4 members (excludes halogenated alkanes) is 17. The second kappa shape index (κ2) is 30.8. The summed E-state index contributed by atoms with van der Waals surface area (Å²) in [4.78, 5) is 0. The van der Waals surface area contributed by atoms with Crippen LogP contribution >= 0.6 is 34.7 Å². The SMILES string of the molecule is CCCCCCCCCCCCCCCCCCCC.Cl.Cl.P. The van der Waals surface area contributed by atoms with Gasteiger partial charge < -0.3 is 0 Å². The second-order valence-electron chi connectivity index (χ2n) is 6.66. The Morgan fingerprint density at radius 1 is 0.304 bits per heavy atom. The van der Waals surface area contributed by atoms with Crippen LogP contribution in [0.2, 0.25) is 0 Å². The summed E-state index contributed by atoms with van der Waals surface area (Å²) in [6.45, 7) is 4.59. The van der Waals surface area contributed by atoms with E-state index < -0.39 is 0 Å². The van der Waals surface area contributed by atoms with E-state index >= 15 is 0 Å². The van der Waals surface area contributed by atoms with E-state index in [2.05, 4.69) is 13.8 Å². The molecule has 0 bridgehead atoms. The molecule has 0 aromatic carbocycles. The highest BCUT2D eigenvalue weighted by Crippen LogP contribution is 2.14. The molecular formula is C20H47Cl2P. The summed E-state index contributed by atoms with van der Waals surface area (Å²) in [7, 11) is 0. The summed E-state index contributed by atoms with van der Waals surface area (Å²) in [5, 5.41) is 0. The predicted octanol–water partition coefficient (Wildman–Crippen LogP) is 8.95. The molecular weight excluding hydrogens is 342 g/mol. The van der Waals surface area contributed by atoms with Gasteiger partial charge in [0.15, 0.2) is 0 Å². The first-order valence-corrected chi connectivity index (χ1v) is 9.91. The van der Waals surface area contributed by atoms with E-state index in [-0.39, 0.29) is 34.7 Å². The van der Waals surface area contributed by atoms with Crippen LogP contribution in [0.4, 0.5) is 0 Å². The third-order valence-electron chi connectivity index (χ3n) is 4.46. The van der Waals surface area contributed by atoms with Crippen molar-refractivity contribution in [1.29, 1.82) is 0 Å². The van der Waals surface area contributed by atoms with Gasteiger partial charge in [0.25, 0.3) is 0 Å². The van der Waals surface area contributed by atoms with Crippen LogP contribution in [0.5, 0.6) is 0 Å². The fourth-order valence-electron chi connectivity index (χ4n) is 2.97. The third kappa shape index (κ3) is 31.3. The highest BCUT2D eigenvalue weighted by atomic mass is 35.5. The van der Waals surface area contributed by atoms with Gasteiger partial charge >= 0.3 is 0 Å².